The van der Waals surface area contributed by atoms with Crippen molar-refractivity contribution in [3.05, 3.63) is 45.3 Å². The lowest BCUT2D eigenvalue weighted by molar-refractivity contribution is 0.184. The van der Waals surface area contributed by atoms with Crippen molar-refractivity contribution in [1.29, 1.82) is 0 Å². The zero-order valence-corrected chi connectivity index (χ0v) is 17.4. The van der Waals surface area contributed by atoms with Crippen LogP contribution in [0.3, 0.4) is 0 Å². The Labute approximate surface area is 163 Å². The number of ether oxygens (including phenoxy) is 2. The van der Waals surface area contributed by atoms with Crippen LogP contribution in [0.4, 0.5) is 0 Å². The van der Waals surface area contributed by atoms with Gasteiger partial charge in [-0.15, -0.1) is 11.3 Å². The molecule has 0 aliphatic rings. The molecular weight excluding hydrogens is 360 g/mol. The summed E-state index contributed by atoms with van der Waals surface area (Å²) in [6.07, 6.45) is 0.849. The predicted molar refractivity (Wildman–Crippen MR) is 111 cm³/mol. The van der Waals surface area contributed by atoms with Crippen LogP contribution >= 0.6 is 11.3 Å². The maximum atomic E-state index is 13.5. The average molecular weight is 387 g/mol. The summed E-state index contributed by atoms with van der Waals surface area (Å²) in [5, 5.41) is 0.700. The summed E-state index contributed by atoms with van der Waals surface area (Å²) in [4.78, 5) is 20.3. The van der Waals surface area contributed by atoms with E-state index in [0.717, 1.165) is 34.0 Å². The van der Waals surface area contributed by atoms with Crippen molar-refractivity contribution in [2.45, 2.75) is 39.7 Å². The van der Waals surface area contributed by atoms with Crippen molar-refractivity contribution >= 4 is 21.6 Å². The Morgan fingerprint density at radius 2 is 2.04 bits per heavy atom. The van der Waals surface area contributed by atoms with Gasteiger partial charge < -0.3 is 9.47 Å². The van der Waals surface area contributed by atoms with Gasteiger partial charge in [-0.05, 0) is 24.1 Å². The molecule has 0 amide bonds. The number of methoxy groups -OCH3 is 2. The van der Waals surface area contributed by atoms with E-state index in [1.165, 1.54) is 4.88 Å². The van der Waals surface area contributed by atoms with Crippen molar-refractivity contribution < 1.29 is 9.47 Å². The second-order valence-electron chi connectivity index (χ2n) is 6.74. The Morgan fingerprint density at radius 3 is 2.67 bits per heavy atom. The van der Waals surface area contributed by atoms with E-state index in [-0.39, 0.29) is 11.5 Å². The zero-order valence-electron chi connectivity index (χ0n) is 16.5. The van der Waals surface area contributed by atoms with Gasteiger partial charge in [-0.3, -0.25) is 9.36 Å². The third-order valence-electron chi connectivity index (χ3n) is 4.63. The van der Waals surface area contributed by atoms with Crippen molar-refractivity contribution in [2.75, 3.05) is 20.8 Å². The Balaban J connectivity index is 2.34. The molecule has 6 heteroatoms. The molecule has 0 bridgehead atoms. The van der Waals surface area contributed by atoms with Gasteiger partial charge in [0.15, 0.2) is 0 Å². The molecule has 2 heterocycles. The van der Waals surface area contributed by atoms with Gasteiger partial charge in [0.2, 0.25) is 0 Å². The summed E-state index contributed by atoms with van der Waals surface area (Å²) in [6.45, 7) is 7.22. The molecule has 144 valence electrons. The van der Waals surface area contributed by atoms with Gasteiger partial charge in [-0.2, -0.15) is 0 Å². The molecule has 0 unspecified atom stereocenters. The largest absolute Gasteiger partial charge is 0.497 e. The summed E-state index contributed by atoms with van der Waals surface area (Å²) >= 11 is 1.61. The molecule has 3 aromatic rings. The Kier molecular flexibility index (Phi) is 5.97. The normalized spacial score (nSPS) is 11.5. The number of aryl methyl sites for hydroxylation is 1. The lowest BCUT2D eigenvalue weighted by atomic mass is 10.0. The quantitative estimate of drug-likeness (QED) is 0.601. The zero-order chi connectivity index (χ0) is 19.6. The average Bonchev–Trinajstić information content (AvgIpc) is 3.06. The first-order chi connectivity index (χ1) is 13.0. The minimum absolute atomic E-state index is 0.00881. The van der Waals surface area contributed by atoms with Crippen LogP contribution in [0.2, 0.25) is 0 Å². The lowest BCUT2D eigenvalue weighted by Gasteiger charge is -2.15. The molecular formula is C21H26N2O3S. The van der Waals surface area contributed by atoms with Gasteiger partial charge in [0.25, 0.3) is 5.56 Å². The molecule has 0 aliphatic carbocycles. The number of fused-ring (bicyclic) bond motifs is 1. The van der Waals surface area contributed by atoms with Crippen molar-refractivity contribution in [3.8, 4) is 16.9 Å². The first kappa shape index (κ1) is 19.6. The van der Waals surface area contributed by atoms with E-state index in [1.54, 1.807) is 30.1 Å². The number of rotatable bonds is 7. The number of aromatic nitrogens is 2. The van der Waals surface area contributed by atoms with Crippen LogP contribution in [0.1, 0.15) is 37.4 Å². The van der Waals surface area contributed by atoms with E-state index in [1.807, 2.05) is 24.3 Å². The van der Waals surface area contributed by atoms with Crippen LogP contribution in [0.25, 0.3) is 21.3 Å². The maximum absolute atomic E-state index is 13.5. The molecule has 0 aliphatic heterocycles. The highest BCUT2D eigenvalue weighted by Crippen LogP contribution is 2.38. The van der Waals surface area contributed by atoms with Gasteiger partial charge in [0.1, 0.15) is 16.4 Å². The van der Waals surface area contributed by atoms with E-state index >= 15 is 0 Å². The molecule has 0 N–H and O–H groups in total. The molecule has 27 heavy (non-hydrogen) atoms. The fourth-order valence-electron chi connectivity index (χ4n) is 3.32. The van der Waals surface area contributed by atoms with Crippen LogP contribution < -0.4 is 10.3 Å². The topological polar surface area (TPSA) is 53.4 Å². The molecule has 5 nitrogen and oxygen atoms in total. The first-order valence-electron chi connectivity index (χ1n) is 9.21. The van der Waals surface area contributed by atoms with Crippen molar-refractivity contribution in [2.24, 2.45) is 0 Å². The minimum Gasteiger partial charge on any atom is -0.497 e. The van der Waals surface area contributed by atoms with Gasteiger partial charge in [0.05, 0.1) is 25.6 Å². The van der Waals surface area contributed by atoms with Crippen LogP contribution in [-0.2, 0) is 17.7 Å². The van der Waals surface area contributed by atoms with Crippen LogP contribution in [0.5, 0.6) is 5.75 Å². The van der Waals surface area contributed by atoms with Crippen LogP contribution in [0.15, 0.2) is 29.1 Å². The minimum atomic E-state index is 0.00881. The third kappa shape index (κ3) is 3.64. The number of nitrogens with zero attached hydrogens (tertiary/aromatic N) is 2. The highest BCUT2D eigenvalue weighted by molar-refractivity contribution is 7.19. The fourth-order valence-corrected chi connectivity index (χ4v) is 4.45. The molecule has 0 saturated heterocycles. The fraction of sp³-hybridized carbons (Fsp3) is 0.429. The molecule has 0 radical (unpaired) electrons. The highest BCUT2D eigenvalue weighted by Gasteiger charge is 2.22. The smallest absolute Gasteiger partial charge is 0.263 e. The third-order valence-corrected chi connectivity index (χ3v) is 5.86. The molecule has 1 aromatic carbocycles. The van der Waals surface area contributed by atoms with Gasteiger partial charge in [0, 0.05) is 23.5 Å². The molecule has 3 rings (SSSR count). The summed E-state index contributed by atoms with van der Waals surface area (Å²) in [7, 11) is 3.30. The number of benzene rings is 1. The molecule has 0 fully saturated rings. The Morgan fingerprint density at radius 1 is 1.26 bits per heavy atom. The van der Waals surface area contributed by atoms with Gasteiger partial charge in [-0.25, -0.2) is 4.98 Å². The summed E-state index contributed by atoms with van der Waals surface area (Å²) in [5.41, 5.74) is 1.98. The van der Waals surface area contributed by atoms with Crippen LogP contribution in [0, 0.1) is 0 Å². The summed E-state index contributed by atoms with van der Waals surface area (Å²) in [5.74, 6) is 1.75. The number of hydrogen-bond donors (Lipinski definition) is 0. The van der Waals surface area contributed by atoms with Gasteiger partial charge in [-0.1, -0.05) is 32.9 Å². The molecule has 0 spiro atoms. The predicted octanol–water partition coefficient (Wildman–Crippen LogP) is 4.47. The van der Waals surface area contributed by atoms with E-state index in [2.05, 4.69) is 20.8 Å². The van der Waals surface area contributed by atoms with Crippen LogP contribution in [-0.4, -0.2) is 30.4 Å². The first-order valence-corrected chi connectivity index (χ1v) is 10.0. The van der Waals surface area contributed by atoms with E-state index in [4.69, 9.17) is 14.5 Å². The second kappa shape index (κ2) is 8.23. The van der Waals surface area contributed by atoms with E-state index in [9.17, 15) is 4.79 Å². The summed E-state index contributed by atoms with van der Waals surface area (Å²) in [6, 6.07) is 7.88. The van der Waals surface area contributed by atoms with Gasteiger partial charge >= 0.3 is 0 Å². The SMILES string of the molecule is CCc1sc2nc(C(C)C)n(CCOC)c(=O)c2c1-c1cccc(OC)c1. The van der Waals surface area contributed by atoms with E-state index in [0.29, 0.717) is 18.5 Å². The molecule has 0 saturated carbocycles. The maximum Gasteiger partial charge on any atom is 0.263 e. The molecule has 0 atom stereocenters. The standard InChI is InChI=1S/C21H26N2O3S/c1-6-16-17(14-8-7-9-15(12-14)26-5)18-20(27-16)22-19(13(2)3)23(21(18)24)10-11-25-4/h7-9,12-13H,6,10-11H2,1-5H3. The Hall–Kier alpha value is -2.18. The van der Waals surface area contributed by atoms with Crippen molar-refractivity contribution in [1.82, 2.24) is 9.55 Å². The number of hydrogen-bond acceptors (Lipinski definition) is 5. The highest BCUT2D eigenvalue weighted by atomic mass is 32.1. The molecule has 2 aromatic heterocycles. The lowest BCUT2D eigenvalue weighted by Crippen LogP contribution is -2.27. The van der Waals surface area contributed by atoms with Crippen molar-refractivity contribution in [3.63, 3.8) is 0 Å². The Bertz CT molecular complexity index is 1000. The summed E-state index contributed by atoms with van der Waals surface area (Å²) < 4.78 is 12.4. The number of thiophene rings is 1. The second-order valence-corrected chi connectivity index (χ2v) is 7.82. The van der Waals surface area contributed by atoms with E-state index < -0.39 is 0 Å². The monoisotopic (exact) mass is 386 g/mol.